The van der Waals surface area contributed by atoms with Gasteiger partial charge in [-0.25, -0.2) is 4.57 Å². The molecular weight excluding hydrogens is 782 g/mol. The number of quaternary nitrogens is 1. The molecule has 0 heterocycles. The van der Waals surface area contributed by atoms with E-state index in [0.717, 1.165) is 103 Å². The van der Waals surface area contributed by atoms with E-state index in [4.69, 9.17) is 18.5 Å². The molecule has 0 fully saturated rings. The Bertz CT molecular complexity index is 1380. The Morgan fingerprint density at radius 3 is 1.34 bits per heavy atom. The van der Waals surface area contributed by atoms with Crippen LogP contribution in [0.2, 0.25) is 0 Å². The number of likely N-dealkylation sites (N-methyl/N-ethyl adjacent to an activating group) is 1. The van der Waals surface area contributed by atoms with E-state index in [2.05, 4.69) is 135 Å². The number of phosphoric acid groups is 1. The van der Waals surface area contributed by atoms with Crippen molar-refractivity contribution in [3.8, 4) is 0 Å². The number of ether oxygens (including phenoxy) is 2. The van der Waals surface area contributed by atoms with Crippen molar-refractivity contribution in [2.24, 2.45) is 0 Å². The van der Waals surface area contributed by atoms with Crippen LogP contribution in [-0.4, -0.2) is 75.6 Å². The molecule has 8 nitrogen and oxygen atoms in total. The number of allylic oxidation sites excluding steroid dienone is 20. The summed E-state index contributed by atoms with van der Waals surface area (Å²) in [6.45, 7) is 5.24. The maximum atomic E-state index is 12.7. The lowest BCUT2D eigenvalue weighted by Gasteiger charge is -2.24. The molecule has 1 N–H and O–H groups in total. The van der Waals surface area contributed by atoms with Gasteiger partial charge in [0.15, 0.2) is 0 Å². The predicted octanol–water partition coefficient (Wildman–Crippen LogP) is 14.2. The van der Waals surface area contributed by atoms with Crippen LogP contribution in [0, 0.1) is 0 Å². The Hall–Kier alpha value is -3.10. The highest BCUT2D eigenvalue weighted by Gasteiger charge is 2.26. The van der Waals surface area contributed by atoms with Gasteiger partial charge >= 0.3 is 13.8 Å². The zero-order valence-corrected chi connectivity index (χ0v) is 40.0. The van der Waals surface area contributed by atoms with Crippen LogP contribution in [0.3, 0.4) is 0 Å². The van der Waals surface area contributed by atoms with E-state index >= 15 is 0 Å². The van der Waals surface area contributed by atoms with Crippen LogP contribution in [0.25, 0.3) is 0 Å². The molecule has 0 amide bonds. The third-order valence-electron chi connectivity index (χ3n) is 9.02. The third kappa shape index (κ3) is 47.8. The fourth-order valence-electron chi connectivity index (χ4n) is 5.49. The lowest BCUT2D eigenvalue weighted by Crippen LogP contribution is -2.37. The molecule has 0 aliphatic carbocycles. The lowest BCUT2D eigenvalue weighted by molar-refractivity contribution is -0.870. The molecule has 0 aromatic rings. The van der Waals surface area contributed by atoms with E-state index in [9.17, 15) is 14.3 Å². The Kier molecular flexibility index (Phi) is 41.3. The quantitative estimate of drug-likeness (QED) is 0.0215. The van der Waals surface area contributed by atoms with Crippen molar-refractivity contribution in [2.75, 3.05) is 54.1 Å². The minimum atomic E-state index is -4.30. The van der Waals surface area contributed by atoms with Gasteiger partial charge in [0.2, 0.25) is 0 Å². The maximum Gasteiger partial charge on any atom is 0.472 e. The monoisotopic (exact) mass is 869 g/mol. The van der Waals surface area contributed by atoms with Gasteiger partial charge in [-0.15, -0.1) is 0 Å². The number of unbranched alkanes of at least 4 members (excludes halogenated alkanes) is 7. The molecular formula is C52H87NO7P+. The van der Waals surface area contributed by atoms with Gasteiger partial charge < -0.3 is 18.9 Å². The second-order valence-electron chi connectivity index (χ2n) is 16.0. The van der Waals surface area contributed by atoms with Gasteiger partial charge in [0.25, 0.3) is 0 Å². The van der Waals surface area contributed by atoms with Gasteiger partial charge in [0.05, 0.1) is 34.4 Å². The molecule has 9 heteroatoms. The first-order valence-electron chi connectivity index (χ1n) is 23.3. The van der Waals surface area contributed by atoms with Gasteiger partial charge in [0.1, 0.15) is 19.3 Å². The lowest BCUT2D eigenvalue weighted by atomic mass is 10.1. The highest BCUT2D eigenvalue weighted by molar-refractivity contribution is 7.47. The number of rotatable bonds is 41. The molecule has 61 heavy (non-hydrogen) atoms. The highest BCUT2D eigenvalue weighted by Crippen LogP contribution is 2.43. The molecule has 0 aliphatic heterocycles. The molecule has 2 atom stereocenters. The SMILES string of the molecule is CC/C=C\C/C=C\C/C=C\C/C=C\C/C=C\C/C=C\CCCCCCCOCC(COP(=O)(O)OCC[N+](C)(C)C)OC(=O)CCCC/C=C\C/C=C\C/C=C\C/C=C\CC. The Morgan fingerprint density at radius 2 is 0.902 bits per heavy atom. The molecule has 0 bridgehead atoms. The van der Waals surface area contributed by atoms with Crippen molar-refractivity contribution < 1.29 is 37.3 Å². The van der Waals surface area contributed by atoms with Gasteiger partial charge in [-0.2, -0.15) is 0 Å². The Labute approximate surface area is 373 Å². The standard InChI is InChI=1S/C52H86NO7P/c1-6-8-10-12-14-16-18-20-22-23-24-25-26-27-28-29-30-32-34-36-38-40-42-44-47-57-49-51(50-59-61(55,56)58-48-46-53(3,4)5)60-52(54)45-43-41-39-37-35-33-31-21-19-17-15-13-11-9-7-2/h8-11,14-17,20-22,24-25,27-28,30-32,35,37,51H,6-7,12-13,18-19,23,26,29,33-34,36,38-50H2,1-5H3/p+1/b10-8-,11-9-,16-14-,17-15-,22-20-,25-24-,28-27-,31-21-,32-30-,37-35-. The number of nitrogens with zero attached hydrogens (tertiary/aromatic N) is 1. The molecule has 0 aromatic heterocycles. The van der Waals surface area contributed by atoms with Crippen molar-refractivity contribution in [3.05, 3.63) is 122 Å². The predicted molar refractivity (Wildman–Crippen MR) is 260 cm³/mol. The Morgan fingerprint density at radius 1 is 0.508 bits per heavy atom. The average molecular weight is 869 g/mol. The second kappa shape index (κ2) is 43.5. The van der Waals surface area contributed by atoms with E-state index in [0.29, 0.717) is 24.1 Å². The summed E-state index contributed by atoms with van der Waals surface area (Å²) >= 11 is 0. The molecule has 0 spiro atoms. The second-order valence-corrected chi connectivity index (χ2v) is 17.5. The first kappa shape index (κ1) is 57.9. The first-order chi connectivity index (χ1) is 29.6. The van der Waals surface area contributed by atoms with Crippen molar-refractivity contribution in [2.45, 2.75) is 148 Å². The Balaban J connectivity index is 4.32. The molecule has 0 saturated heterocycles. The topological polar surface area (TPSA) is 91.3 Å². The summed E-state index contributed by atoms with van der Waals surface area (Å²) in [7, 11) is 1.60. The minimum Gasteiger partial charge on any atom is -0.457 e. The summed E-state index contributed by atoms with van der Waals surface area (Å²) < 4.78 is 35.0. The summed E-state index contributed by atoms with van der Waals surface area (Å²) in [5.74, 6) is -0.368. The molecule has 0 radical (unpaired) electrons. The van der Waals surface area contributed by atoms with Crippen LogP contribution in [0.4, 0.5) is 0 Å². The van der Waals surface area contributed by atoms with Gasteiger partial charge in [-0.3, -0.25) is 13.8 Å². The highest BCUT2D eigenvalue weighted by atomic mass is 31.2. The number of hydrogen-bond donors (Lipinski definition) is 1. The van der Waals surface area contributed by atoms with Crippen molar-refractivity contribution >= 4 is 13.8 Å². The summed E-state index contributed by atoms with van der Waals surface area (Å²) in [5.41, 5.74) is 0. The smallest absolute Gasteiger partial charge is 0.457 e. The van der Waals surface area contributed by atoms with Crippen LogP contribution < -0.4 is 0 Å². The van der Waals surface area contributed by atoms with Crippen LogP contribution in [-0.2, 0) is 27.9 Å². The summed E-state index contributed by atoms with van der Waals surface area (Å²) in [6, 6.07) is 0. The van der Waals surface area contributed by atoms with Crippen LogP contribution in [0.15, 0.2) is 122 Å². The van der Waals surface area contributed by atoms with Gasteiger partial charge in [-0.1, -0.05) is 155 Å². The summed E-state index contributed by atoms with van der Waals surface area (Å²) in [5, 5.41) is 0. The van der Waals surface area contributed by atoms with E-state index in [1.807, 2.05) is 21.1 Å². The molecule has 346 valence electrons. The number of esters is 1. The molecule has 2 unspecified atom stereocenters. The minimum absolute atomic E-state index is 0.0684. The van der Waals surface area contributed by atoms with Crippen molar-refractivity contribution in [3.63, 3.8) is 0 Å². The molecule has 0 saturated carbocycles. The normalized spacial score (nSPS) is 14.8. The van der Waals surface area contributed by atoms with Crippen LogP contribution in [0.5, 0.6) is 0 Å². The van der Waals surface area contributed by atoms with Crippen LogP contribution >= 0.6 is 7.82 Å². The largest absolute Gasteiger partial charge is 0.472 e. The molecule has 0 aromatic carbocycles. The van der Waals surface area contributed by atoms with Crippen molar-refractivity contribution in [1.82, 2.24) is 0 Å². The van der Waals surface area contributed by atoms with E-state index < -0.39 is 13.9 Å². The van der Waals surface area contributed by atoms with Gasteiger partial charge in [-0.05, 0) is 103 Å². The maximum absolute atomic E-state index is 12.7. The van der Waals surface area contributed by atoms with Crippen LogP contribution in [0.1, 0.15) is 142 Å². The fourth-order valence-corrected chi connectivity index (χ4v) is 6.23. The van der Waals surface area contributed by atoms with E-state index in [-0.39, 0.29) is 32.2 Å². The summed E-state index contributed by atoms with van der Waals surface area (Å²) in [6.07, 6.45) is 62.5. The summed E-state index contributed by atoms with van der Waals surface area (Å²) in [4.78, 5) is 22.9. The molecule has 0 rings (SSSR count). The van der Waals surface area contributed by atoms with Crippen molar-refractivity contribution in [1.29, 1.82) is 0 Å². The van der Waals surface area contributed by atoms with Gasteiger partial charge in [0, 0.05) is 13.0 Å². The molecule has 0 aliphatic rings. The zero-order chi connectivity index (χ0) is 44.8. The number of hydrogen-bond acceptors (Lipinski definition) is 6. The average Bonchev–Trinajstić information content (AvgIpc) is 3.22. The number of carbonyl (C=O) groups excluding carboxylic acids is 1. The fraction of sp³-hybridized carbons (Fsp3) is 0.596. The number of carbonyl (C=O) groups is 1. The first-order valence-corrected chi connectivity index (χ1v) is 24.8. The number of phosphoric ester groups is 1. The third-order valence-corrected chi connectivity index (χ3v) is 10.0. The van der Waals surface area contributed by atoms with E-state index in [1.54, 1.807) is 0 Å². The van der Waals surface area contributed by atoms with E-state index in [1.165, 1.54) is 12.8 Å². The zero-order valence-electron chi connectivity index (χ0n) is 39.1.